The number of hydrogen-bond donors (Lipinski definition) is 0. The molecule has 0 saturated carbocycles. The lowest BCUT2D eigenvalue weighted by Crippen LogP contribution is -2.28. The summed E-state index contributed by atoms with van der Waals surface area (Å²) in [6, 6.07) is 87.7. The summed E-state index contributed by atoms with van der Waals surface area (Å²) in [5, 5.41) is 4.81. The van der Waals surface area contributed by atoms with Crippen LogP contribution in [0.5, 0.6) is 0 Å². The molecule has 0 radical (unpaired) electrons. The Morgan fingerprint density at radius 3 is 1.56 bits per heavy atom. The molecule has 294 valence electrons. The highest BCUT2D eigenvalue weighted by Gasteiger charge is 2.46. The molecule has 2 nitrogen and oxygen atoms in total. The SMILES string of the molecule is c1ccc(-c2nc(-c3ccc(-c4ccc5ccccc5c4)cc3)cc(-c3ccc(-c4ccc5c(c4)-c4ccccc4C5(c4ccccc4)c4ccccc4)c4ccccc34)n2)cc1. The van der Waals surface area contributed by atoms with Crippen molar-refractivity contribution >= 4 is 21.5 Å². The lowest BCUT2D eigenvalue weighted by Gasteiger charge is -2.33. The molecule has 0 spiro atoms. The summed E-state index contributed by atoms with van der Waals surface area (Å²) >= 11 is 0. The first kappa shape index (κ1) is 36.6. The monoisotopic (exact) mass is 800 g/mol. The van der Waals surface area contributed by atoms with Gasteiger partial charge in [0.1, 0.15) is 0 Å². The molecule has 10 aromatic carbocycles. The molecule has 0 unspecified atom stereocenters. The Bertz CT molecular complexity index is 3440. The normalized spacial score (nSPS) is 12.6. The minimum atomic E-state index is -0.434. The molecule has 1 aliphatic carbocycles. The third kappa shape index (κ3) is 6.10. The zero-order valence-corrected chi connectivity index (χ0v) is 34.5. The van der Waals surface area contributed by atoms with Gasteiger partial charge in [-0.05, 0) is 95.4 Å². The number of hydrogen-bond acceptors (Lipinski definition) is 2. The summed E-state index contributed by atoms with van der Waals surface area (Å²) in [6.45, 7) is 0. The van der Waals surface area contributed by atoms with Crippen LogP contribution >= 0.6 is 0 Å². The van der Waals surface area contributed by atoms with Crippen LogP contribution in [0.4, 0.5) is 0 Å². The molecule has 0 amide bonds. The van der Waals surface area contributed by atoms with Crippen molar-refractivity contribution in [2.24, 2.45) is 0 Å². The third-order valence-corrected chi connectivity index (χ3v) is 13.0. The molecule has 0 N–H and O–H groups in total. The number of aromatic nitrogens is 2. The molecule has 1 aromatic heterocycles. The molecule has 2 heteroatoms. The molecule has 0 atom stereocenters. The Labute approximate surface area is 367 Å². The van der Waals surface area contributed by atoms with Crippen LogP contribution in [0.3, 0.4) is 0 Å². The summed E-state index contributed by atoms with van der Waals surface area (Å²) in [4.78, 5) is 10.5. The topological polar surface area (TPSA) is 25.8 Å². The fourth-order valence-corrected chi connectivity index (χ4v) is 10.0. The number of fused-ring (bicyclic) bond motifs is 5. The Morgan fingerprint density at radius 2 is 0.810 bits per heavy atom. The first-order valence-electron chi connectivity index (χ1n) is 21.6. The van der Waals surface area contributed by atoms with Gasteiger partial charge in [0.2, 0.25) is 0 Å². The minimum absolute atomic E-state index is 0.434. The predicted molar refractivity (Wildman–Crippen MR) is 262 cm³/mol. The van der Waals surface area contributed by atoms with E-state index >= 15 is 0 Å². The molecular weight excluding hydrogens is 761 g/mol. The lowest BCUT2D eigenvalue weighted by molar-refractivity contribution is 0.768. The summed E-state index contributed by atoms with van der Waals surface area (Å²) < 4.78 is 0. The van der Waals surface area contributed by atoms with Crippen LogP contribution in [0.25, 0.3) is 88.8 Å². The Morgan fingerprint density at radius 1 is 0.270 bits per heavy atom. The van der Waals surface area contributed by atoms with Crippen molar-refractivity contribution < 1.29 is 0 Å². The molecule has 1 aliphatic rings. The second-order valence-corrected chi connectivity index (χ2v) is 16.5. The lowest BCUT2D eigenvalue weighted by atomic mass is 9.67. The highest BCUT2D eigenvalue weighted by Crippen LogP contribution is 2.56. The molecule has 11 aromatic rings. The van der Waals surface area contributed by atoms with Gasteiger partial charge in [-0.3, -0.25) is 0 Å². The molecule has 0 aliphatic heterocycles. The van der Waals surface area contributed by atoms with Crippen molar-refractivity contribution in [1.82, 2.24) is 9.97 Å². The van der Waals surface area contributed by atoms with E-state index in [4.69, 9.17) is 9.97 Å². The first-order valence-corrected chi connectivity index (χ1v) is 21.6. The van der Waals surface area contributed by atoms with Crippen LogP contribution < -0.4 is 0 Å². The zero-order valence-electron chi connectivity index (χ0n) is 34.5. The van der Waals surface area contributed by atoms with Gasteiger partial charge in [0.25, 0.3) is 0 Å². The van der Waals surface area contributed by atoms with E-state index in [1.165, 1.54) is 71.8 Å². The maximum Gasteiger partial charge on any atom is 0.160 e. The average molecular weight is 801 g/mol. The minimum Gasteiger partial charge on any atom is -0.228 e. The zero-order chi connectivity index (χ0) is 41.7. The van der Waals surface area contributed by atoms with Gasteiger partial charge in [0.05, 0.1) is 16.8 Å². The van der Waals surface area contributed by atoms with E-state index in [1.807, 2.05) is 18.2 Å². The fourth-order valence-electron chi connectivity index (χ4n) is 10.0. The third-order valence-electron chi connectivity index (χ3n) is 13.0. The summed E-state index contributed by atoms with van der Waals surface area (Å²) in [6.07, 6.45) is 0. The largest absolute Gasteiger partial charge is 0.228 e. The van der Waals surface area contributed by atoms with Crippen LogP contribution in [0.1, 0.15) is 22.3 Å². The average Bonchev–Trinajstić information content (AvgIpc) is 3.67. The maximum atomic E-state index is 5.28. The van der Waals surface area contributed by atoms with Gasteiger partial charge in [0.15, 0.2) is 5.82 Å². The van der Waals surface area contributed by atoms with Crippen LogP contribution in [0.2, 0.25) is 0 Å². The van der Waals surface area contributed by atoms with E-state index in [9.17, 15) is 0 Å². The fraction of sp³-hybridized carbons (Fsp3) is 0.0164. The predicted octanol–water partition coefficient (Wildman–Crippen LogP) is 15.5. The van der Waals surface area contributed by atoms with Crippen molar-refractivity contribution in [1.29, 1.82) is 0 Å². The number of nitrogens with zero attached hydrogens (tertiary/aromatic N) is 2. The van der Waals surface area contributed by atoms with Gasteiger partial charge >= 0.3 is 0 Å². The van der Waals surface area contributed by atoms with Crippen molar-refractivity contribution in [2.75, 3.05) is 0 Å². The van der Waals surface area contributed by atoms with E-state index in [-0.39, 0.29) is 0 Å². The highest BCUT2D eigenvalue weighted by molar-refractivity contribution is 6.05. The van der Waals surface area contributed by atoms with E-state index in [2.05, 4.69) is 224 Å². The van der Waals surface area contributed by atoms with Crippen LogP contribution in [0, 0.1) is 0 Å². The molecule has 0 bridgehead atoms. The molecular formula is C61H40N2. The van der Waals surface area contributed by atoms with Crippen LogP contribution in [0.15, 0.2) is 243 Å². The quantitative estimate of drug-likeness (QED) is 0.160. The van der Waals surface area contributed by atoms with Crippen LogP contribution in [-0.4, -0.2) is 9.97 Å². The molecule has 63 heavy (non-hydrogen) atoms. The Balaban J connectivity index is 0.985. The van der Waals surface area contributed by atoms with Gasteiger partial charge in [0, 0.05) is 16.7 Å². The summed E-state index contributed by atoms with van der Waals surface area (Å²) in [5.74, 6) is 0.701. The molecule has 0 saturated heterocycles. The highest BCUT2D eigenvalue weighted by atomic mass is 14.9. The van der Waals surface area contributed by atoms with E-state index in [0.29, 0.717) is 5.82 Å². The van der Waals surface area contributed by atoms with Crippen molar-refractivity contribution in [3.05, 3.63) is 265 Å². The van der Waals surface area contributed by atoms with Gasteiger partial charge < -0.3 is 0 Å². The first-order chi connectivity index (χ1) is 31.2. The van der Waals surface area contributed by atoms with Crippen LogP contribution in [-0.2, 0) is 5.41 Å². The number of rotatable bonds is 7. The summed E-state index contributed by atoms with van der Waals surface area (Å²) in [5.41, 5.74) is 16.9. The van der Waals surface area contributed by atoms with E-state index in [0.717, 1.165) is 33.5 Å². The van der Waals surface area contributed by atoms with E-state index < -0.39 is 5.41 Å². The number of benzene rings is 10. The Hall–Kier alpha value is -8.20. The van der Waals surface area contributed by atoms with E-state index in [1.54, 1.807) is 0 Å². The standard InChI is InChI=1S/C61H40N2/c1-4-17-44(18-5-1)60-62-58(43-31-28-42(29-32-43)46-33-30-41-16-10-11-19-45(41)38-46)40-59(63-60)54-36-35-50(51-24-12-13-25-52(51)54)47-34-37-57-55(39-47)53-26-14-15-27-56(53)61(57,48-20-6-2-7-21-48)49-22-8-3-9-23-49/h1-40H. The Kier molecular flexibility index (Phi) is 8.76. The van der Waals surface area contributed by atoms with Gasteiger partial charge in [-0.25, -0.2) is 9.97 Å². The van der Waals surface area contributed by atoms with Crippen molar-refractivity contribution in [2.45, 2.75) is 5.41 Å². The van der Waals surface area contributed by atoms with Gasteiger partial charge in [-0.1, -0.05) is 224 Å². The maximum absolute atomic E-state index is 5.28. The van der Waals surface area contributed by atoms with Crippen molar-refractivity contribution in [3.63, 3.8) is 0 Å². The second kappa shape index (κ2) is 15.1. The van der Waals surface area contributed by atoms with Crippen molar-refractivity contribution in [3.8, 4) is 67.3 Å². The molecule has 0 fully saturated rings. The smallest absolute Gasteiger partial charge is 0.160 e. The molecule has 1 heterocycles. The molecule has 12 rings (SSSR count). The van der Waals surface area contributed by atoms with Gasteiger partial charge in [-0.2, -0.15) is 0 Å². The van der Waals surface area contributed by atoms with Gasteiger partial charge in [-0.15, -0.1) is 0 Å². The second-order valence-electron chi connectivity index (χ2n) is 16.5. The summed E-state index contributed by atoms with van der Waals surface area (Å²) in [7, 11) is 0.